The SMILES string of the molecule is C=CCCCC1CCC(c2ccc(-c3ccc(-c4cc(F)c(C(F)(F)Oc5cc(F)c(F)c(F)c5)c(F)c4)c(F)c3)c(F)c2)CC1. The van der Waals surface area contributed by atoms with E-state index in [9.17, 15) is 30.7 Å². The summed E-state index contributed by atoms with van der Waals surface area (Å²) in [5.41, 5.74) is -1.58. The molecule has 0 spiro atoms. The van der Waals surface area contributed by atoms with Crippen LogP contribution in [0, 0.1) is 46.6 Å². The van der Waals surface area contributed by atoms with Crippen LogP contribution in [0.2, 0.25) is 0 Å². The Hall–Kier alpha value is -4.21. The maximum Gasteiger partial charge on any atom is 0.432 e. The van der Waals surface area contributed by atoms with Gasteiger partial charge in [0.05, 0.1) is 0 Å². The first-order valence-electron chi connectivity index (χ1n) is 14.8. The van der Waals surface area contributed by atoms with Crippen LogP contribution >= 0.6 is 0 Å². The van der Waals surface area contributed by atoms with Crippen LogP contribution in [0.15, 0.2) is 73.3 Å². The van der Waals surface area contributed by atoms with Gasteiger partial charge in [0.15, 0.2) is 17.5 Å². The molecule has 4 aromatic rings. The van der Waals surface area contributed by atoms with Gasteiger partial charge in [-0.25, -0.2) is 30.7 Å². The Morgan fingerprint density at radius 2 is 1.24 bits per heavy atom. The molecule has 4 aromatic carbocycles. The van der Waals surface area contributed by atoms with Crippen LogP contribution in [0.4, 0.5) is 39.5 Å². The number of unbranched alkanes of at least 4 members (excludes halogenated alkanes) is 1. The van der Waals surface area contributed by atoms with Crippen molar-refractivity contribution in [1.29, 1.82) is 0 Å². The van der Waals surface area contributed by atoms with Gasteiger partial charge in [0.2, 0.25) is 0 Å². The molecule has 0 unspecified atom stereocenters. The van der Waals surface area contributed by atoms with Crippen molar-refractivity contribution in [3.8, 4) is 28.0 Å². The van der Waals surface area contributed by atoms with Gasteiger partial charge in [0.1, 0.15) is 34.6 Å². The highest BCUT2D eigenvalue weighted by molar-refractivity contribution is 5.72. The Labute approximate surface area is 260 Å². The standard InChI is InChI=1S/C36H29F9O/c1-2-3-4-5-20-6-8-21(9-7-20)22-10-12-26(28(37)14-22)23-11-13-27(29(38)15-23)24-16-30(39)34(31(40)17-24)36(44,45)46-25-18-32(41)35(43)33(42)19-25/h2,10-21H,1,3-9H2. The highest BCUT2D eigenvalue weighted by Crippen LogP contribution is 2.41. The molecule has 10 heteroatoms. The maximum atomic E-state index is 15.2. The monoisotopic (exact) mass is 648 g/mol. The molecular weight excluding hydrogens is 619 g/mol. The molecule has 1 saturated carbocycles. The van der Waals surface area contributed by atoms with Gasteiger partial charge >= 0.3 is 6.11 Å². The number of alkyl halides is 2. The van der Waals surface area contributed by atoms with Crippen molar-refractivity contribution in [1.82, 2.24) is 0 Å². The number of halogens is 9. The third kappa shape index (κ3) is 7.11. The molecule has 242 valence electrons. The molecule has 0 aromatic heterocycles. The van der Waals surface area contributed by atoms with Crippen molar-refractivity contribution in [2.45, 2.75) is 57.0 Å². The van der Waals surface area contributed by atoms with Gasteiger partial charge in [-0.05, 0) is 91.3 Å². The smallest absolute Gasteiger partial charge is 0.429 e. The van der Waals surface area contributed by atoms with Crippen LogP contribution in [-0.2, 0) is 6.11 Å². The molecule has 0 atom stereocenters. The zero-order valence-corrected chi connectivity index (χ0v) is 24.5. The number of ether oxygens (including phenoxy) is 1. The Morgan fingerprint density at radius 1 is 0.674 bits per heavy atom. The van der Waals surface area contributed by atoms with Gasteiger partial charge in [-0.1, -0.05) is 36.8 Å². The quantitative estimate of drug-likeness (QED) is 0.0720. The highest BCUT2D eigenvalue weighted by atomic mass is 19.3. The van der Waals surface area contributed by atoms with Crippen molar-refractivity contribution >= 4 is 0 Å². The molecule has 0 radical (unpaired) electrons. The van der Waals surface area contributed by atoms with Gasteiger partial charge in [0.25, 0.3) is 0 Å². The predicted molar refractivity (Wildman–Crippen MR) is 157 cm³/mol. The van der Waals surface area contributed by atoms with Gasteiger partial charge < -0.3 is 4.74 Å². The van der Waals surface area contributed by atoms with E-state index >= 15 is 8.78 Å². The second kappa shape index (κ2) is 13.6. The fraction of sp³-hybridized carbons (Fsp3) is 0.278. The third-order valence-electron chi connectivity index (χ3n) is 8.46. The maximum absolute atomic E-state index is 15.2. The van der Waals surface area contributed by atoms with Crippen LogP contribution in [0.25, 0.3) is 22.3 Å². The van der Waals surface area contributed by atoms with Crippen molar-refractivity contribution in [3.63, 3.8) is 0 Å². The number of hydrogen-bond acceptors (Lipinski definition) is 1. The minimum absolute atomic E-state index is 0.0851. The molecule has 0 bridgehead atoms. The lowest BCUT2D eigenvalue weighted by Crippen LogP contribution is -2.25. The van der Waals surface area contributed by atoms with E-state index in [1.807, 2.05) is 12.1 Å². The van der Waals surface area contributed by atoms with E-state index in [1.54, 1.807) is 6.07 Å². The van der Waals surface area contributed by atoms with E-state index in [-0.39, 0.29) is 34.7 Å². The molecule has 0 aliphatic heterocycles. The van der Waals surface area contributed by atoms with Gasteiger partial charge in [-0.15, -0.1) is 6.58 Å². The second-order valence-corrected chi connectivity index (χ2v) is 11.5. The molecule has 1 nitrogen and oxygen atoms in total. The lowest BCUT2D eigenvalue weighted by atomic mass is 9.77. The first-order valence-corrected chi connectivity index (χ1v) is 14.8. The zero-order chi connectivity index (χ0) is 33.2. The van der Waals surface area contributed by atoms with Crippen LogP contribution in [0.3, 0.4) is 0 Å². The van der Waals surface area contributed by atoms with Crippen molar-refractivity contribution in [2.75, 3.05) is 0 Å². The van der Waals surface area contributed by atoms with E-state index in [0.717, 1.165) is 62.6 Å². The average Bonchev–Trinajstić information content (AvgIpc) is 2.99. The second-order valence-electron chi connectivity index (χ2n) is 11.5. The van der Waals surface area contributed by atoms with E-state index < -0.39 is 63.7 Å². The largest absolute Gasteiger partial charge is 0.432 e. The summed E-state index contributed by atoms with van der Waals surface area (Å²) in [5, 5.41) is 0. The van der Waals surface area contributed by atoms with Gasteiger partial charge in [0, 0.05) is 23.3 Å². The summed E-state index contributed by atoms with van der Waals surface area (Å²) < 4.78 is 134. The molecule has 0 heterocycles. The molecule has 1 aliphatic rings. The summed E-state index contributed by atoms with van der Waals surface area (Å²) in [6, 6.07) is 9.31. The summed E-state index contributed by atoms with van der Waals surface area (Å²) in [7, 11) is 0. The van der Waals surface area contributed by atoms with Crippen LogP contribution in [0.1, 0.15) is 62.0 Å². The van der Waals surface area contributed by atoms with Crippen LogP contribution in [-0.4, -0.2) is 0 Å². The average molecular weight is 649 g/mol. The van der Waals surface area contributed by atoms with Crippen LogP contribution in [0.5, 0.6) is 5.75 Å². The minimum Gasteiger partial charge on any atom is -0.429 e. The Bertz CT molecular complexity index is 1700. The number of rotatable bonds is 10. The Kier molecular flexibility index (Phi) is 9.84. The third-order valence-corrected chi connectivity index (χ3v) is 8.46. The number of hydrogen-bond donors (Lipinski definition) is 0. The van der Waals surface area contributed by atoms with E-state index in [2.05, 4.69) is 11.3 Å². The molecule has 0 N–H and O–H groups in total. The summed E-state index contributed by atoms with van der Waals surface area (Å²) in [6.07, 6.45) is 4.43. The summed E-state index contributed by atoms with van der Waals surface area (Å²) in [5.74, 6) is -11.3. The molecule has 46 heavy (non-hydrogen) atoms. The number of benzene rings is 4. The molecular formula is C36H29F9O. The van der Waals surface area contributed by atoms with Crippen molar-refractivity contribution in [2.24, 2.45) is 5.92 Å². The lowest BCUT2D eigenvalue weighted by Gasteiger charge is -2.29. The van der Waals surface area contributed by atoms with Gasteiger partial charge in [-0.3, -0.25) is 0 Å². The molecule has 0 amide bonds. The fourth-order valence-corrected chi connectivity index (χ4v) is 6.07. The van der Waals surface area contributed by atoms with E-state index in [4.69, 9.17) is 0 Å². The Balaban J connectivity index is 1.33. The van der Waals surface area contributed by atoms with E-state index in [1.165, 1.54) is 12.1 Å². The normalized spacial score (nSPS) is 16.8. The van der Waals surface area contributed by atoms with Crippen LogP contribution < -0.4 is 4.74 Å². The number of allylic oxidation sites excluding steroid dienone is 1. The van der Waals surface area contributed by atoms with Gasteiger partial charge in [-0.2, -0.15) is 8.78 Å². The summed E-state index contributed by atoms with van der Waals surface area (Å²) >= 11 is 0. The molecule has 1 fully saturated rings. The first-order chi connectivity index (χ1) is 21.9. The topological polar surface area (TPSA) is 9.23 Å². The summed E-state index contributed by atoms with van der Waals surface area (Å²) in [6.45, 7) is 3.75. The fourth-order valence-electron chi connectivity index (χ4n) is 6.07. The predicted octanol–water partition coefficient (Wildman–Crippen LogP) is 11.8. The van der Waals surface area contributed by atoms with Crippen molar-refractivity contribution in [3.05, 3.63) is 125 Å². The molecule has 1 aliphatic carbocycles. The highest BCUT2D eigenvalue weighted by Gasteiger charge is 2.41. The minimum atomic E-state index is -4.79. The summed E-state index contributed by atoms with van der Waals surface area (Å²) in [4.78, 5) is 0. The molecule has 5 rings (SSSR count). The van der Waals surface area contributed by atoms with Crippen molar-refractivity contribution < 1.29 is 44.3 Å². The Morgan fingerprint density at radius 3 is 1.83 bits per heavy atom. The molecule has 0 saturated heterocycles. The lowest BCUT2D eigenvalue weighted by molar-refractivity contribution is -0.189. The van der Waals surface area contributed by atoms with E-state index in [0.29, 0.717) is 18.1 Å². The zero-order valence-electron chi connectivity index (χ0n) is 24.5. The first kappa shape index (κ1) is 33.2.